The zero-order chi connectivity index (χ0) is 16.2. The van der Waals surface area contributed by atoms with Gasteiger partial charge in [0.25, 0.3) is 0 Å². The molecule has 0 aliphatic carbocycles. The third-order valence-electron chi connectivity index (χ3n) is 3.82. The molecule has 1 heterocycles. The van der Waals surface area contributed by atoms with Gasteiger partial charge >= 0.3 is 0 Å². The number of nitrogens with zero attached hydrogens (tertiary/aromatic N) is 2. The number of halogens is 1. The van der Waals surface area contributed by atoms with E-state index in [9.17, 15) is 9.90 Å². The number of aromatic hydroxyl groups is 1. The Bertz CT molecular complexity index is 741. The van der Waals surface area contributed by atoms with E-state index in [1.807, 2.05) is 35.2 Å². The third kappa shape index (κ3) is 3.79. The van der Waals surface area contributed by atoms with E-state index in [1.54, 1.807) is 18.3 Å². The summed E-state index contributed by atoms with van der Waals surface area (Å²) in [5.74, 6) is 0.403. The fourth-order valence-electron chi connectivity index (χ4n) is 2.58. The largest absolute Gasteiger partial charge is 0.507 e. The molecule has 0 unspecified atom stereocenters. The van der Waals surface area contributed by atoms with Gasteiger partial charge in [0.05, 0.1) is 6.54 Å². The number of carbonyl (C=O) groups excluding carboxylic acids is 1. The van der Waals surface area contributed by atoms with Crippen molar-refractivity contribution >= 4 is 33.7 Å². The molecule has 0 atom stereocenters. The molecular weight excluding hydrogens is 356 g/mol. The van der Waals surface area contributed by atoms with Crippen molar-refractivity contribution in [2.24, 2.45) is 4.99 Å². The van der Waals surface area contributed by atoms with Crippen molar-refractivity contribution in [3.63, 3.8) is 0 Å². The van der Waals surface area contributed by atoms with Crippen LogP contribution in [0.5, 0.6) is 5.75 Å². The van der Waals surface area contributed by atoms with Crippen LogP contribution in [0.1, 0.15) is 24.0 Å². The smallest absolute Gasteiger partial charge is 0.227 e. The molecule has 3 rings (SSSR count). The molecule has 0 saturated carbocycles. The van der Waals surface area contributed by atoms with Crippen LogP contribution in [-0.4, -0.2) is 23.8 Å². The van der Waals surface area contributed by atoms with Gasteiger partial charge < -0.3 is 10.0 Å². The first-order valence-corrected chi connectivity index (χ1v) is 8.30. The molecule has 1 aliphatic rings. The maximum Gasteiger partial charge on any atom is 0.227 e. The number of phenols is 1. The quantitative estimate of drug-likeness (QED) is 0.827. The van der Waals surface area contributed by atoms with Crippen molar-refractivity contribution in [2.45, 2.75) is 19.4 Å². The number of hydrogen-bond donors (Lipinski definition) is 1. The SMILES string of the molecule is O=C1CCCN1c1ccc(CN=Cc2cc(Br)ccc2O)cc1. The van der Waals surface area contributed by atoms with Crippen LogP contribution in [-0.2, 0) is 11.3 Å². The number of hydrogen-bond acceptors (Lipinski definition) is 3. The van der Waals surface area contributed by atoms with Gasteiger partial charge in [0.15, 0.2) is 0 Å². The Hall–Kier alpha value is -2.14. The summed E-state index contributed by atoms with van der Waals surface area (Å²) in [6.07, 6.45) is 3.24. The Kier molecular flexibility index (Phi) is 4.76. The molecule has 2 aromatic carbocycles. The monoisotopic (exact) mass is 372 g/mol. The lowest BCUT2D eigenvalue weighted by Crippen LogP contribution is -2.23. The number of amides is 1. The zero-order valence-electron chi connectivity index (χ0n) is 12.6. The van der Waals surface area contributed by atoms with Gasteiger partial charge in [-0.2, -0.15) is 0 Å². The molecule has 118 valence electrons. The van der Waals surface area contributed by atoms with Gasteiger partial charge in [0, 0.05) is 34.9 Å². The fourth-order valence-corrected chi connectivity index (χ4v) is 2.96. The Balaban J connectivity index is 1.65. The zero-order valence-corrected chi connectivity index (χ0v) is 14.2. The average molecular weight is 373 g/mol. The van der Waals surface area contributed by atoms with Crippen molar-refractivity contribution in [3.05, 3.63) is 58.1 Å². The number of aliphatic imine (C=N–C) groups is 1. The van der Waals surface area contributed by atoms with Gasteiger partial charge in [0.1, 0.15) is 5.75 Å². The predicted octanol–water partition coefficient (Wildman–Crippen LogP) is 3.90. The molecule has 1 aliphatic heterocycles. The average Bonchev–Trinajstić information content (AvgIpc) is 2.97. The molecule has 23 heavy (non-hydrogen) atoms. The van der Waals surface area contributed by atoms with E-state index in [4.69, 9.17) is 0 Å². The lowest BCUT2D eigenvalue weighted by Gasteiger charge is -2.15. The van der Waals surface area contributed by atoms with Crippen LogP contribution in [0.25, 0.3) is 0 Å². The Labute approximate surface area is 143 Å². The van der Waals surface area contributed by atoms with Crippen LogP contribution in [0.3, 0.4) is 0 Å². The van der Waals surface area contributed by atoms with E-state index < -0.39 is 0 Å². The van der Waals surface area contributed by atoms with Gasteiger partial charge in [-0.05, 0) is 42.3 Å². The highest BCUT2D eigenvalue weighted by molar-refractivity contribution is 9.10. The Morgan fingerprint density at radius 2 is 2.00 bits per heavy atom. The van der Waals surface area contributed by atoms with E-state index in [1.165, 1.54) is 0 Å². The van der Waals surface area contributed by atoms with Gasteiger partial charge in [-0.15, -0.1) is 0 Å². The molecule has 1 N–H and O–H groups in total. The second-order valence-electron chi connectivity index (χ2n) is 5.49. The molecule has 0 radical (unpaired) electrons. The van der Waals surface area contributed by atoms with Crippen molar-refractivity contribution < 1.29 is 9.90 Å². The second-order valence-corrected chi connectivity index (χ2v) is 6.40. The maximum absolute atomic E-state index is 11.7. The number of benzene rings is 2. The first-order chi connectivity index (χ1) is 11.1. The summed E-state index contributed by atoms with van der Waals surface area (Å²) >= 11 is 3.37. The first-order valence-electron chi connectivity index (χ1n) is 7.51. The lowest BCUT2D eigenvalue weighted by atomic mass is 10.2. The van der Waals surface area contributed by atoms with Gasteiger partial charge in [-0.3, -0.25) is 9.79 Å². The van der Waals surface area contributed by atoms with Crippen LogP contribution >= 0.6 is 15.9 Å². The third-order valence-corrected chi connectivity index (χ3v) is 4.31. The van der Waals surface area contributed by atoms with E-state index in [0.29, 0.717) is 18.5 Å². The number of carbonyl (C=O) groups is 1. The molecule has 1 saturated heterocycles. The van der Waals surface area contributed by atoms with Crippen LogP contribution in [0.2, 0.25) is 0 Å². The first kappa shape index (κ1) is 15.7. The summed E-state index contributed by atoms with van der Waals surface area (Å²) in [5.41, 5.74) is 2.69. The molecule has 5 heteroatoms. The van der Waals surface area contributed by atoms with Gasteiger partial charge in [0.2, 0.25) is 5.91 Å². The summed E-state index contributed by atoms with van der Waals surface area (Å²) in [6, 6.07) is 13.1. The summed E-state index contributed by atoms with van der Waals surface area (Å²) in [5, 5.41) is 9.77. The van der Waals surface area contributed by atoms with Crippen LogP contribution < -0.4 is 4.90 Å². The van der Waals surface area contributed by atoms with Gasteiger partial charge in [-0.25, -0.2) is 0 Å². The maximum atomic E-state index is 11.7. The van der Waals surface area contributed by atoms with Crippen molar-refractivity contribution in [2.75, 3.05) is 11.4 Å². The van der Waals surface area contributed by atoms with E-state index in [2.05, 4.69) is 20.9 Å². The Morgan fingerprint density at radius 1 is 1.22 bits per heavy atom. The second kappa shape index (κ2) is 6.96. The summed E-state index contributed by atoms with van der Waals surface area (Å²) in [7, 11) is 0. The molecule has 1 fully saturated rings. The van der Waals surface area contributed by atoms with E-state index >= 15 is 0 Å². The van der Waals surface area contributed by atoms with Crippen LogP contribution in [0.4, 0.5) is 5.69 Å². The van der Waals surface area contributed by atoms with Gasteiger partial charge in [-0.1, -0.05) is 28.1 Å². The fraction of sp³-hybridized carbons (Fsp3) is 0.222. The van der Waals surface area contributed by atoms with Crippen molar-refractivity contribution in [3.8, 4) is 5.75 Å². The molecule has 4 nitrogen and oxygen atoms in total. The topological polar surface area (TPSA) is 52.9 Å². The highest BCUT2D eigenvalue weighted by atomic mass is 79.9. The van der Waals surface area contributed by atoms with Crippen molar-refractivity contribution in [1.29, 1.82) is 0 Å². The molecule has 2 aromatic rings. The minimum absolute atomic E-state index is 0.195. The predicted molar refractivity (Wildman–Crippen MR) is 95.1 cm³/mol. The highest BCUT2D eigenvalue weighted by Crippen LogP contribution is 2.22. The normalized spacial score (nSPS) is 14.8. The molecule has 0 bridgehead atoms. The molecule has 0 spiro atoms. The minimum Gasteiger partial charge on any atom is -0.507 e. The Morgan fingerprint density at radius 3 is 2.70 bits per heavy atom. The lowest BCUT2D eigenvalue weighted by molar-refractivity contribution is -0.117. The number of phenolic OH excluding ortho intramolecular Hbond substituents is 1. The molecule has 0 aromatic heterocycles. The standard InChI is InChI=1S/C18H17BrN2O2/c19-15-5-8-17(22)14(10-15)12-20-11-13-3-6-16(7-4-13)21-9-1-2-18(21)23/h3-8,10,12,22H,1-2,9,11H2. The van der Waals surface area contributed by atoms with Crippen molar-refractivity contribution in [1.82, 2.24) is 0 Å². The highest BCUT2D eigenvalue weighted by Gasteiger charge is 2.21. The summed E-state index contributed by atoms with van der Waals surface area (Å²) in [6.45, 7) is 1.33. The van der Waals surface area contributed by atoms with Crippen LogP contribution in [0, 0.1) is 0 Å². The summed E-state index contributed by atoms with van der Waals surface area (Å²) < 4.78 is 0.899. The number of anilines is 1. The molecule has 1 amide bonds. The molecular formula is C18H17BrN2O2. The number of rotatable bonds is 4. The van der Waals surface area contributed by atoms with Crippen LogP contribution in [0.15, 0.2) is 51.9 Å². The van der Waals surface area contributed by atoms with E-state index in [-0.39, 0.29) is 11.7 Å². The summed E-state index contributed by atoms with van der Waals surface area (Å²) in [4.78, 5) is 17.9. The minimum atomic E-state index is 0.195. The van der Waals surface area contributed by atoms with E-state index in [0.717, 1.165) is 28.7 Å².